The van der Waals surface area contributed by atoms with Crippen LogP contribution in [-0.4, -0.2) is 52.4 Å². The highest BCUT2D eigenvalue weighted by Gasteiger charge is 2.54. The Morgan fingerprint density at radius 2 is 2.00 bits per heavy atom. The second-order valence-corrected chi connectivity index (χ2v) is 5.26. The van der Waals surface area contributed by atoms with E-state index in [4.69, 9.17) is 9.47 Å². The summed E-state index contributed by atoms with van der Waals surface area (Å²) in [6.45, 7) is 3.28. The quantitative estimate of drug-likeness (QED) is 0.643. The molecule has 1 saturated heterocycles. The van der Waals surface area contributed by atoms with Gasteiger partial charge in [0, 0.05) is 0 Å². The van der Waals surface area contributed by atoms with Gasteiger partial charge in [-0.15, -0.1) is 6.58 Å². The molecule has 1 fully saturated rings. The number of aliphatic hydroxyl groups excluding tert-OH is 3. The smallest absolute Gasteiger partial charge is 0.124 e. The minimum Gasteiger partial charge on any atom is -0.394 e. The van der Waals surface area contributed by atoms with E-state index in [-0.39, 0.29) is 19.6 Å². The van der Waals surface area contributed by atoms with E-state index < -0.39 is 23.9 Å². The molecule has 0 amide bonds. The number of benzene rings is 1. The summed E-state index contributed by atoms with van der Waals surface area (Å²) in [6.07, 6.45) is -0.528. The number of rotatable bonds is 7. The van der Waals surface area contributed by atoms with Gasteiger partial charge in [0.25, 0.3) is 0 Å². The fourth-order valence-electron chi connectivity index (χ4n) is 2.66. The van der Waals surface area contributed by atoms with Gasteiger partial charge >= 0.3 is 0 Å². The Labute approximate surface area is 124 Å². The SMILES string of the molecule is C=CC[C@@]1(CO)O[C@H](CO)[C@@H](OCc2ccccc2)[C@@H]1O. The predicted octanol–water partition coefficient (Wildman–Crippen LogP) is 0.631. The first kappa shape index (κ1) is 16.1. The average molecular weight is 294 g/mol. The van der Waals surface area contributed by atoms with Gasteiger partial charge in [-0.3, -0.25) is 0 Å². The lowest BCUT2D eigenvalue weighted by Crippen LogP contribution is -2.46. The summed E-state index contributed by atoms with van der Waals surface area (Å²) in [7, 11) is 0. The molecule has 0 aromatic heterocycles. The maximum absolute atomic E-state index is 10.4. The van der Waals surface area contributed by atoms with Gasteiger partial charge in [0.15, 0.2) is 0 Å². The Kier molecular flexibility index (Phi) is 5.50. The third kappa shape index (κ3) is 3.33. The minimum atomic E-state index is -1.16. The predicted molar refractivity (Wildman–Crippen MR) is 77.6 cm³/mol. The van der Waals surface area contributed by atoms with Crippen LogP contribution in [0.2, 0.25) is 0 Å². The zero-order chi connectivity index (χ0) is 15.3. The number of aliphatic hydroxyl groups is 3. The normalized spacial score (nSPS) is 32.2. The molecule has 2 rings (SSSR count). The van der Waals surface area contributed by atoms with Crippen molar-refractivity contribution in [3.63, 3.8) is 0 Å². The van der Waals surface area contributed by atoms with Gasteiger partial charge in [-0.25, -0.2) is 0 Å². The summed E-state index contributed by atoms with van der Waals surface area (Å²) >= 11 is 0. The highest BCUT2D eigenvalue weighted by atomic mass is 16.6. The van der Waals surface area contributed by atoms with E-state index >= 15 is 0 Å². The molecule has 0 aliphatic carbocycles. The van der Waals surface area contributed by atoms with Crippen LogP contribution in [0.15, 0.2) is 43.0 Å². The third-order valence-electron chi connectivity index (χ3n) is 3.83. The van der Waals surface area contributed by atoms with Crippen molar-refractivity contribution in [3.8, 4) is 0 Å². The maximum Gasteiger partial charge on any atom is 0.124 e. The van der Waals surface area contributed by atoms with Crippen molar-refractivity contribution in [3.05, 3.63) is 48.6 Å². The van der Waals surface area contributed by atoms with Crippen molar-refractivity contribution in [1.29, 1.82) is 0 Å². The molecule has 116 valence electrons. The van der Waals surface area contributed by atoms with Crippen molar-refractivity contribution in [1.82, 2.24) is 0 Å². The van der Waals surface area contributed by atoms with E-state index in [2.05, 4.69) is 6.58 Å². The van der Waals surface area contributed by atoms with Gasteiger partial charge in [0.05, 0.1) is 19.8 Å². The summed E-state index contributed by atoms with van der Waals surface area (Å²) in [4.78, 5) is 0. The molecule has 1 heterocycles. The topological polar surface area (TPSA) is 79.2 Å². The summed E-state index contributed by atoms with van der Waals surface area (Å²) in [5, 5.41) is 29.4. The van der Waals surface area contributed by atoms with Crippen LogP contribution in [0, 0.1) is 0 Å². The summed E-state index contributed by atoms with van der Waals surface area (Å²) in [6, 6.07) is 9.55. The maximum atomic E-state index is 10.4. The van der Waals surface area contributed by atoms with E-state index in [1.807, 2.05) is 30.3 Å². The van der Waals surface area contributed by atoms with Crippen LogP contribution in [-0.2, 0) is 16.1 Å². The minimum absolute atomic E-state index is 0.282. The number of ether oxygens (including phenoxy) is 2. The Morgan fingerprint density at radius 3 is 2.57 bits per heavy atom. The third-order valence-corrected chi connectivity index (χ3v) is 3.83. The molecule has 1 aliphatic rings. The molecule has 3 N–H and O–H groups in total. The molecule has 0 spiro atoms. The van der Waals surface area contributed by atoms with Crippen molar-refractivity contribution in [2.45, 2.75) is 36.9 Å². The first-order valence-electron chi connectivity index (χ1n) is 7.01. The zero-order valence-corrected chi connectivity index (χ0v) is 11.9. The van der Waals surface area contributed by atoms with Crippen LogP contribution in [0.3, 0.4) is 0 Å². The molecule has 1 aromatic carbocycles. The molecular formula is C16H22O5. The molecular weight excluding hydrogens is 272 g/mol. The van der Waals surface area contributed by atoms with Crippen LogP contribution < -0.4 is 0 Å². The highest BCUT2D eigenvalue weighted by Crippen LogP contribution is 2.36. The lowest BCUT2D eigenvalue weighted by molar-refractivity contribution is -0.116. The molecule has 0 unspecified atom stereocenters. The molecule has 1 aromatic rings. The van der Waals surface area contributed by atoms with Gasteiger partial charge in [-0.05, 0) is 12.0 Å². The van der Waals surface area contributed by atoms with Crippen LogP contribution in [0.1, 0.15) is 12.0 Å². The first-order valence-corrected chi connectivity index (χ1v) is 7.01. The van der Waals surface area contributed by atoms with Crippen LogP contribution in [0.4, 0.5) is 0 Å². The monoisotopic (exact) mass is 294 g/mol. The molecule has 5 nitrogen and oxygen atoms in total. The summed E-state index contributed by atoms with van der Waals surface area (Å²) in [5.41, 5.74) is -0.192. The Balaban J connectivity index is 2.08. The van der Waals surface area contributed by atoms with Crippen LogP contribution >= 0.6 is 0 Å². The molecule has 1 aliphatic heterocycles. The number of hydrogen-bond donors (Lipinski definition) is 3. The van der Waals surface area contributed by atoms with Crippen LogP contribution in [0.5, 0.6) is 0 Å². The van der Waals surface area contributed by atoms with Crippen molar-refractivity contribution < 1.29 is 24.8 Å². The summed E-state index contributed by atoms with van der Waals surface area (Å²) < 4.78 is 11.4. The van der Waals surface area contributed by atoms with E-state index in [0.717, 1.165) is 5.56 Å². The molecule has 0 saturated carbocycles. The van der Waals surface area contributed by atoms with Crippen molar-refractivity contribution in [2.75, 3.05) is 13.2 Å². The first-order chi connectivity index (χ1) is 10.2. The number of hydrogen-bond acceptors (Lipinski definition) is 5. The van der Waals surface area contributed by atoms with E-state index in [9.17, 15) is 15.3 Å². The fourth-order valence-corrected chi connectivity index (χ4v) is 2.66. The van der Waals surface area contributed by atoms with Crippen molar-refractivity contribution in [2.24, 2.45) is 0 Å². The Bertz CT molecular complexity index is 449. The van der Waals surface area contributed by atoms with E-state index in [1.165, 1.54) is 0 Å². The Hall–Kier alpha value is -1.24. The molecule has 4 atom stereocenters. The second kappa shape index (κ2) is 7.15. The standard InChI is InChI=1S/C16H22O5/c1-2-8-16(11-18)15(19)14(13(9-17)21-16)20-10-12-6-4-3-5-7-12/h2-7,13-15,17-19H,1,8-11H2/t13-,14-,15+,16+/m1/s1. The highest BCUT2D eigenvalue weighted by molar-refractivity contribution is 5.14. The van der Waals surface area contributed by atoms with Gasteiger partial charge in [-0.1, -0.05) is 36.4 Å². The van der Waals surface area contributed by atoms with Gasteiger partial charge in [-0.2, -0.15) is 0 Å². The zero-order valence-electron chi connectivity index (χ0n) is 11.9. The molecule has 21 heavy (non-hydrogen) atoms. The molecule has 0 bridgehead atoms. The van der Waals surface area contributed by atoms with Crippen LogP contribution in [0.25, 0.3) is 0 Å². The Morgan fingerprint density at radius 1 is 1.29 bits per heavy atom. The largest absolute Gasteiger partial charge is 0.394 e. The fraction of sp³-hybridized carbons (Fsp3) is 0.500. The average Bonchev–Trinajstić information content (AvgIpc) is 2.79. The van der Waals surface area contributed by atoms with Gasteiger partial charge in [0.2, 0.25) is 0 Å². The second-order valence-electron chi connectivity index (χ2n) is 5.26. The van der Waals surface area contributed by atoms with Gasteiger partial charge < -0.3 is 24.8 Å². The lowest BCUT2D eigenvalue weighted by atomic mass is 9.92. The molecule has 5 heteroatoms. The van der Waals surface area contributed by atoms with Gasteiger partial charge in [0.1, 0.15) is 23.9 Å². The summed E-state index contributed by atoms with van der Waals surface area (Å²) in [5.74, 6) is 0. The van der Waals surface area contributed by atoms with E-state index in [1.54, 1.807) is 6.08 Å². The lowest BCUT2D eigenvalue weighted by Gasteiger charge is -2.29. The van der Waals surface area contributed by atoms with Crippen molar-refractivity contribution >= 4 is 0 Å². The molecule has 0 radical (unpaired) electrons. The van der Waals surface area contributed by atoms with E-state index in [0.29, 0.717) is 6.61 Å².